The summed E-state index contributed by atoms with van der Waals surface area (Å²) < 4.78 is 28.2. The van der Waals surface area contributed by atoms with Crippen molar-refractivity contribution >= 4 is 46.1 Å². The van der Waals surface area contributed by atoms with Crippen LogP contribution in [0.4, 0.5) is 5.69 Å². The summed E-state index contributed by atoms with van der Waals surface area (Å²) in [6.45, 7) is 4.24. The molecule has 1 aromatic heterocycles. The van der Waals surface area contributed by atoms with Gasteiger partial charge in [-0.3, -0.25) is 19.2 Å². The number of anilines is 1. The molecule has 10 atom stereocenters. The number of aromatic hydroxyl groups is 3. The molecule has 3 fully saturated rings. The number of phenolic OH excluding ortho intramolecular Hbond substituents is 2. The zero-order valence-electron chi connectivity index (χ0n) is 34.8. The molecule has 8 N–H and O–H groups in total. The predicted octanol–water partition coefficient (Wildman–Crippen LogP) is 2.35. The van der Waals surface area contributed by atoms with Crippen LogP contribution in [0.15, 0.2) is 99.8 Å². The third-order valence-corrected chi connectivity index (χ3v) is 12.6. The Morgan fingerprint density at radius 2 is 1.60 bits per heavy atom. The SMILES string of the molecule is CC(=O)O[C@@H]1[C@@H](C)O[C@@H](c2ccc3c(c2O)C(O)C24OC2(C3=O)C2(O)C(=O)C=C(C)CC2(O)CC4O)C[C@H]1OC(=O)/C=C/C=C\C=C\C=C\C(=O)Nc1c(O)c2ccc(O)cc2oc1=O. The molecular weight excluding hydrogens is 854 g/mol. The molecule has 19 nitrogen and oxygen atoms in total. The highest BCUT2D eigenvalue weighted by molar-refractivity contribution is 6.17. The number of aliphatic hydroxyl groups excluding tert-OH is 2. The van der Waals surface area contributed by atoms with E-state index < -0.39 is 118 Å². The van der Waals surface area contributed by atoms with Crippen LogP contribution >= 0.6 is 0 Å². The number of aliphatic hydroxyl groups is 4. The predicted molar refractivity (Wildman–Crippen MR) is 222 cm³/mol. The van der Waals surface area contributed by atoms with E-state index >= 15 is 0 Å². The van der Waals surface area contributed by atoms with Crippen molar-refractivity contribution in [3.05, 3.63) is 118 Å². The summed E-state index contributed by atoms with van der Waals surface area (Å²) in [4.78, 5) is 77.6. The molecule has 3 heterocycles. The molecule has 1 saturated carbocycles. The number of nitrogens with one attached hydrogen (secondary N) is 1. The minimum atomic E-state index is -2.88. The van der Waals surface area contributed by atoms with Gasteiger partial charge in [-0.1, -0.05) is 54.2 Å². The Hall–Kier alpha value is -6.74. The van der Waals surface area contributed by atoms with Crippen molar-refractivity contribution < 1.29 is 83.1 Å². The summed E-state index contributed by atoms with van der Waals surface area (Å²) in [7, 11) is 0. The van der Waals surface area contributed by atoms with E-state index in [9.17, 15) is 64.5 Å². The second kappa shape index (κ2) is 16.1. The van der Waals surface area contributed by atoms with E-state index in [4.69, 9.17) is 23.4 Å². The van der Waals surface area contributed by atoms with Crippen molar-refractivity contribution in [2.75, 3.05) is 5.32 Å². The molecule has 19 heteroatoms. The lowest BCUT2D eigenvalue weighted by Gasteiger charge is -2.54. The van der Waals surface area contributed by atoms with Crippen LogP contribution in [0.2, 0.25) is 0 Å². The van der Waals surface area contributed by atoms with Gasteiger partial charge >= 0.3 is 17.6 Å². The fourth-order valence-electron chi connectivity index (χ4n) is 9.75. The second-order valence-electron chi connectivity index (χ2n) is 16.7. The lowest BCUT2D eigenvalue weighted by Crippen LogP contribution is -2.78. The lowest BCUT2D eigenvalue weighted by molar-refractivity contribution is -0.210. The van der Waals surface area contributed by atoms with Gasteiger partial charge < -0.3 is 64.4 Å². The van der Waals surface area contributed by atoms with Gasteiger partial charge in [-0.15, -0.1) is 0 Å². The molecule has 65 heavy (non-hydrogen) atoms. The van der Waals surface area contributed by atoms with Gasteiger partial charge in [-0.25, -0.2) is 9.59 Å². The zero-order chi connectivity index (χ0) is 47.0. The number of epoxide rings is 1. The molecule has 1 amide bonds. The van der Waals surface area contributed by atoms with Crippen LogP contribution in [-0.4, -0.2) is 112 Å². The number of carbonyl (C=O) groups excluding carboxylic acids is 5. The monoisotopic (exact) mass is 897 g/mol. The van der Waals surface area contributed by atoms with E-state index in [0.29, 0.717) is 5.57 Å². The van der Waals surface area contributed by atoms with E-state index in [2.05, 4.69) is 5.32 Å². The quantitative estimate of drug-likeness (QED) is 0.0502. The van der Waals surface area contributed by atoms with E-state index in [1.165, 1.54) is 67.6 Å². The van der Waals surface area contributed by atoms with Gasteiger partial charge in [0.1, 0.15) is 34.9 Å². The van der Waals surface area contributed by atoms with E-state index in [1.54, 1.807) is 6.92 Å². The van der Waals surface area contributed by atoms with Gasteiger partial charge in [0.2, 0.25) is 17.3 Å². The van der Waals surface area contributed by atoms with Crippen molar-refractivity contribution in [2.24, 2.45) is 0 Å². The highest BCUT2D eigenvalue weighted by Crippen LogP contribution is 2.73. The summed E-state index contributed by atoms with van der Waals surface area (Å²) in [6.07, 6.45) is 2.65. The Labute approximate surface area is 367 Å². The average Bonchev–Trinajstić information content (AvgIpc) is 3.97. The molecule has 2 aromatic carbocycles. The number of rotatable bonds is 9. The number of fused-ring (bicyclic) bond motifs is 3. The number of allylic oxidation sites excluding steroid dienone is 6. The standard InChI is InChI=1S/C46H43NO18/c1-21-16-31(50)45(60)43(59,19-21)20-32(51)44-41(57)35-27(40(56)46(44,45)65-44)15-14-25(37(35)54)29-18-30(39(22(2)61-29)62-23(3)48)63-34(53)11-9-7-5-4-6-8-10-33(52)47-36-38(55)26-13-12-24(49)17-28(26)64-42(36)58/h4-17,22,29-30,32,39,41,49,51,54-55,57,59-60H,18-20H2,1-3H3,(H,47,52)/b6-4+,7-5-,10-8+,11-9+/t22-,29-,30-,32?,39-,41?,43?,44?,45?,46?/m1/s1. The highest BCUT2D eigenvalue weighted by Gasteiger charge is 2.96. The average molecular weight is 898 g/mol. The number of esters is 2. The van der Waals surface area contributed by atoms with Crippen LogP contribution in [0.1, 0.15) is 73.7 Å². The lowest BCUT2D eigenvalue weighted by atomic mass is 9.50. The molecule has 2 saturated heterocycles. The first-order chi connectivity index (χ1) is 30.7. The van der Waals surface area contributed by atoms with Crippen LogP contribution in [0.25, 0.3) is 11.0 Å². The number of ether oxygens (including phenoxy) is 4. The maximum Gasteiger partial charge on any atom is 0.364 e. The number of ketones is 2. The summed E-state index contributed by atoms with van der Waals surface area (Å²) in [5, 5.41) is 81.0. The number of hydrogen-bond acceptors (Lipinski definition) is 18. The summed E-state index contributed by atoms with van der Waals surface area (Å²) in [6, 6.07) is 6.25. The third-order valence-electron chi connectivity index (χ3n) is 12.6. The van der Waals surface area contributed by atoms with Crippen molar-refractivity contribution in [2.45, 2.75) is 99.1 Å². The van der Waals surface area contributed by atoms with Gasteiger partial charge in [0, 0.05) is 61.1 Å². The van der Waals surface area contributed by atoms with Crippen molar-refractivity contribution in [1.82, 2.24) is 0 Å². The molecule has 0 bridgehead atoms. The Kier molecular flexibility index (Phi) is 11.1. The molecule has 5 aliphatic rings. The summed E-state index contributed by atoms with van der Waals surface area (Å²) >= 11 is 0. The topological polar surface area (TPSA) is 309 Å². The normalized spacial score (nSPS) is 32.8. The van der Waals surface area contributed by atoms with E-state index in [0.717, 1.165) is 31.2 Å². The van der Waals surface area contributed by atoms with Crippen LogP contribution in [0.5, 0.6) is 17.2 Å². The molecule has 0 radical (unpaired) electrons. The third kappa shape index (κ3) is 6.89. The fourth-order valence-corrected chi connectivity index (χ4v) is 9.75. The number of Topliss-reactive ketones (excluding diaryl/α,β-unsaturated/α-hetero) is 1. The minimum absolute atomic E-state index is 0.0123. The molecule has 0 spiro atoms. The highest BCUT2D eigenvalue weighted by atomic mass is 16.7. The maximum atomic E-state index is 14.4. The Balaban J connectivity index is 0.945. The first kappa shape index (κ1) is 44.9. The molecule has 8 rings (SSSR count). The van der Waals surface area contributed by atoms with Crippen LogP contribution in [0.3, 0.4) is 0 Å². The van der Waals surface area contributed by atoms with Crippen molar-refractivity contribution in [3.63, 3.8) is 0 Å². The fraction of sp³-hybridized carbons (Fsp3) is 0.348. The largest absolute Gasteiger partial charge is 0.508 e. The maximum absolute atomic E-state index is 14.4. The smallest absolute Gasteiger partial charge is 0.364 e. The number of amides is 1. The molecule has 6 unspecified atom stereocenters. The molecule has 340 valence electrons. The van der Waals surface area contributed by atoms with Gasteiger partial charge in [0.05, 0.1) is 23.7 Å². The first-order valence-corrected chi connectivity index (χ1v) is 20.3. The number of phenols is 2. The number of benzene rings is 2. The van der Waals surface area contributed by atoms with Crippen LogP contribution < -0.4 is 10.9 Å². The van der Waals surface area contributed by atoms with Crippen LogP contribution in [-0.2, 0) is 38.1 Å². The molecule has 2 aliphatic heterocycles. The molecule has 3 aromatic rings. The minimum Gasteiger partial charge on any atom is -0.508 e. The van der Waals surface area contributed by atoms with Gasteiger partial charge in [-0.05, 0) is 32.1 Å². The van der Waals surface area contributed by atoms with Crippen molar-refractivity contribution in [1.29, 1.82) is 0 Å². The number of hydrogen-bond donors (Lipinski definition) is 8. The van der Waals surface area contributed by atoms with E-state index in [-0.39, 0.29) is 46.3 Å². The molecular formula is C46H43NO18. The van der Waals surface area contributed by atoms with E-state index in [1.807, 2.05) is 0 Å². The Bertz CT molecular complexity index is 2780. The Morgan fingerprint density at radius 1 is 0.908 bits per heavy atom. The van der Waals surface area contributed by atoms with Gasteiger partial charge in [-0.2, -0.15) is 0 Å². The second-order valence-corrected chi connectivity index (χ2v) is 16.7. The molecule has 3 aliphatic carbocycles. The zero-order valence-corrected chi connectivity index (χ0v) is 34.8. The van der Waals surface area contributed by atoms with Crippen molar-refractivity contribution in [3.8, 4) is 17.2 Å². The van der Waals surface area contributed by atoms with Crippen LogP contribution in [0, 0.1) is 0 Å². The Morgan fingerprint density at radius 3 is 2.31 bits per heavy atom. The van der Waals surface area contributed by atoms with Gasteiger partial charge in [0.15, 0.2) is 34.5 Å². The summed E-state index contributed by atoms with van der Waals surface area (Å²) in [5.41, 5.74) is -12.0. The number of carbonyl (C=O) groups is 5. The summed E-state index contributed by atoms with van der Waals surface area (Å²) in [5.74, 6) is -5.76. The van der Waals surface area contributed by atoms with Gasteiger partial charge in [0.25, 0.3) is 0 Å². The first-order valence-electron chi connectivity index (χ1n) is 20.3.